The molecule has 1 aliphatic rings. The average molecular weight is 1280 g/mol. The minimum atomic E-state index is -4.92. The number of carbonyl (C=O) groups is 7. The number of rotatable bonds is 38. The molecule has 0 aliphatic carbocycles. The van der Waals surface area contributed by atoms with E-state index in [2.05, 4.69) is 74.5 Å². The maximum Gasteiger partial charge on any atom is 1.00 e. The summed E-state index contributed by atoms with van der Waals surface area (Å²) in [5.74, 6) is -0.610. The van der Waals surface area contributed by atoms with Crippen molar-refractivity contribution in [3.8, 4) is 0 Å². The third-order valence-corrected chi connectivity index (χ3v) is 11.4. The van der Waals surface area contributed by atoms with Crippen molar-refractivity contribution in [1.29, 1.82) is 0 Å². The van der Waals surface area contributed by atoms with E-state index in [0.717, 1.165) is 39.1 Å². The van der Waals surface area contributed by atoms with E-state index < -0.39 is 65.4 Å². The summed E-state index contributed by atoms with van der Waals surface area (Å²) in [7, 11) is -4.92. The maximum absolute atomic E-state index is 11.7. The SMILES string of the molecule is C=C(C)C(=O)OCCNC(=O)OC(C)COC(=O)C(C)CC.C=C(C)C(=O)OCCNC(=O)OC(COCC(C)CC)COS(=O)(=O)[O-].C=C(C)C(=O)OCCNC(=O)OCCOCC(C)CC.CCC(C)COCC1CO1.CCC(C)Cl.[K+]. The minimum Gasteiger partial charge on any atom is -0.726 e. The Bertz CT molecular complexity index is 1950. The topological polar surface area (TPSA) is 327 Å². The van der Waals surface area contributed by atoms with Gasteiger partial charge in [0.05, 0.1) is 52.0 Å². The molecule has 8 unspecified atom stereocenters. The molecule has 486 valence electrons. The van der Waals surface area contributed by atoms with Crippen molar-refractivity contribution in [2.75, 3.05) is 106 Å². The molecular formula is C56H101ClKN3O22S. The van der Waals surface area contributed by atoms with Gasteiger partial charge in [-0.25, -0.2) is 37.2 Å². The number of hydrogen-bond acceptors (Lipinski definition) is 22. The van der Waals surface area contributed by atoms with Gasteiger partial charge in [-0.05, 0) is 65.2 Å². The number of alkyl carbamates (subject to hydrolysis) is 3. The van der Waals surface area contributed by atoms with Gasteiger partial charge in [-0.3, -0.25) is 8.98 Å². The molecule has 0 aromatic rings. The van der Waals surface area contributed by atoms with Crippen LogP contribution in [0, 0.1) is 23.7 Å². The van der Waals surface area contributed by atoms with Crippen LogP contribution in [0.1, 0.15) is 129 Å². The van der Waals surface area contributed by atoms with Gasteiger partial charge in [0.15, 0.2) is 6.10 Å². The molecule has 1 saturated heterocycles. The Morgan fingerprint density at radius 1 is 0.548 bits per heavy atom. The molecular weight excluding hydrogens is 1170 g/mol. The first-order chi connectivity index (χ1) is 38.9. The number of halogens is 1. The van der Waals surface area contributed by atoms with Crippen LogP contribution in [0.25, 0.3) is 0 Å². The van der Waals surface area contributed by atoms with Crippen LogP contribution < -0.4 is 67.3 Å². The summed E-state index contributed by atoms with van der Waals surface area (Å²) < 4.78 is 91.0. The predicted molar refractivity (Wildman–Crippen MR) is 311 cm³/mol. The van der Waals surface area contributed by atoms with Crippen LogP contribution in [-0.2, 0) is 85.9 Å². The zero-order valence-corrected chi connectivity index (χ0v) is 57.6. The van der Waals surface area contributed by atoms with E-state index in [-0.39, 0.29) is 134 Å². The van der Waals surface area contributed by atoms with Gasteiger partial charge < -0.3 is 72.6 Å². The fraction of sp³-hybridized carbons (Fsp3) is 0.768. The van der Waals surface area contributed by atoms with Gasteiger partial charge in [0, 0.05) is 41.9 Å². The smallest absolute Gasteiger partial charge is 0.726 e. The van der Waals surface area contributed by atoms with Gasteiger partial charge in [-0.1, -0.05) is 101 Å². The fourth-order valence-corrected chi connectivity index (χ4v) is 4.66. The van der Waals surface area contributed by atoms with Crippen LogP contribution in [0.3, 0.4) is 0 Å². The van der Waals surface area contributed by atoms with Crippen LogP contribution in [0.15, 0.2) is 36.5 Å². The molecule has 0 radical (unpaired) electrons. The van der Waals surface area contributed by atoms with Gasteiger partial charge in [0.1, 0.15) is 51.8 Å². The molecule has 84 heavy (non-hydrogen) atoms. The molecule has 1 fully saturated rings. The zero-order valence-electron chi connectivity index (χ0n) is 52.9. The molecule has 3 N–H and O–H groups in total. The maximum atomic E-state index is 11.7. The van der Waals surface area contributed by atoms with Crippen molar-refractivity contribution in [1.82, 2.24) is 16.0 Å². The quantitative estimate of drug-likeness (QED) is 0.00850. The number of ether oxygens (including phenoxy) is 11. The Morgan fingerprint density at radius 3 is 1.33 bits per heavy atom. The molecule has 0 spiro atoms. The van der Waals surface area contributed by atoms with Crippen LogP contribution in [0.5, 0.6) is 0 Å². The van der Waals surface area contributed by atoms with E-state index in [1.54, 1.807) is 20.8 Å². The average Bonchev–Trinajstić information content (AvgIpc) is 4.27. The molecule has 1 aliphatic heterocycles. The molecule has 0 saturated carbocycles. The van der Waals surface area contributed by atoms with Gasteiger partial charge in [-0.15, -0.1) is 11.6 Å². The molecule has 3 amide bonds. The molecule has 28 heteroatoms. The second kappa shape index (κ2) is 57.3. The normalized spacial score (nSPS) is 14.3. The van der Waals surface area contributed by atoms with Gasteiger partial charge >= 0.3 is 93.5 Å². The standard InChI is InChI=1S/C15H27NO9S.C15H25NO6.C14H25NO5.C8H16O2.C4H9Cl.K/c1-5-12(4)8-22-9-13(10-24-26(19,20)21)25-15(18)16-6-7-23-14(17)11(2)3;1-6-11(4)14(18)21-9-12(5)22-15(19)16-7-8-20-13(17)10(2)3;1-5-12(4)10-18-8-9-20-14(17)15-6-7-19-13(16)11(2)3;1-3-7(2)4-9-5-8-6-10-8;1-3-4(2)5;/h12-13H,2,5-10H2,1,3-4H3,(H,16,18)(H,19,20,21);11-12H,2,6-9H2,1,3-5H3,(H,16,19);12H,2,5-10H2,1,3-4H3,(H,15,17);7-8H,3-6H2,1-2H3;4H,3H2,1-2H3;/q;;;;;+1/p-1. The van der Waals surface area contributed by atoms with Gasteiger partial charge in [0.2, 0.25) is 10.4 Å². The zero-order chi connectivity index (χ0) is 64.3. The molecule has 0 aromatic heterocycles. The van der Waals surface area contributed by atoms with Crippen molar-refractivity contribution >= 4 is 64.2 Å². The number of esters is 4. The molecule has 1 rings (SSSR count). The second-order valence-electron chi connectivity index (χ2n) is 19.4. The number of hydrogen-bond donors (Lipinski definition) is 3. The van der Waals surface area contributed by atoms with Crippen molar-refractivity contribution in [3.63, 3.8) is 0 Å². The van der Waals surface area contributed by atoms with E-state index in [0.29, 0.717) is 60.7 Å². The van der Waals surface area contributed by atoms with Crippen LogP contribution in [-0.4, -0.2) is 184 Å². The van der Waals surface area contributed by atoms with Crippen molar-refractivity contribution in [2.45, 2.75) is 153 Å². The third-order valence-electron chi connectivity index (χ3n) is 10.6. The van der Waals surface area contributed by atoms with E-state index in [1.165, 1.54) is 20.3 Å². The molecule has 1 heterocycles. The molecule has 0 aromatic carbocycles. The Labute approximate surface area is 548 Å². The van der Waals surface area contributed by atoms with E-state index in [9.17, 15) is 46.5 Å². The van der Waals surface area contributed by atoms with E-state index >= 15 is 0 Å². The summed E-state index contributed by atoms with van der Waals surface area (Å²) in [6.07, 6.45) is 1.54. The fourth-order valence-electron chi connectivity index (χ4n) is 4.34. The first-order valence-electron chi connectivity index (χ1n) is 27.9. The van der Waals surface area contributed by atoms with Crippen molar-refractivity contribution in [2.24, 2.45) is 23.7 Å². The molecule has 25 nitrogen and oxygen atoms in total. The summed E-state index contributed by atoms with van der Waals surface area (Å²) in [5.41, 5.74) is 0.840. The summed E-state index contributed by atoms with van der Waals surface area (Å²) in [6, 6.07) is 0. The Kier molecular flexibility index (Phi) is 60.9. The number of carbonyl (C=O) groups excluding carboxylic acids is 7. The summed E-state index contributed by atoms with van der Waals surface area (Å²) in [5, 5.41) is 7.55. The summed E-state index contributed by atoms with van der Waals surface area (Å²) >= 11 is 5.46. The largest absolute Gasteiger partial charge is 1.00 e. The Morgan fingerprint density at radius 2 is 0.952 bits per heavy atom. The van der Waals surface area contributed by atoms with Gasteiger partial charge in [-0.2, -0.15) is 0 Å². The van der Waals surface area contributed by atoms with E-state index in [1.807, 2.05) is 27.7 Å². The van der Waals surface area contributed by atoms with Crippen LogP contribution >= 0.6 is 11.6 Å². The van der Waals surface area contributed by atoms with Gasteiger partial charge in [0.25, 0.3) is 0 Å². The van der Waals surface area contributed by atoms with Crippen LogP contribution in [0.2, 0.25) is 0 Å². The second-order valence-corrected chi connectivity index (χ2v) is 21.2. The predicted octanol–water partition coefficient (Wildman–Crippen LogP) is 4.92. The van der Waals surface area contributed by atoms with E-state index in [4.69, 9.17) is 63.7 Å². The number of alkyl halides is 1. The molecule has 0 bridgehead atoms. The van der Waals surface area contributed by atoms with Crippen molar-refractivity contribution < 1.29 is 154 Å². The van der Waals surface area contributed by atoms with Crippen LogP contribution in [0.4, 0.5) is 14.4 Å². The number of epoxide rings is 1. The first kappa shape index (κ1) is 89.3. The Hall–Kier alpha value is -3.45. The minimum absolute atomic E-state index is 0. The summed E-state index contributed by atoms with van der Waals surface area (Å²) in [4.78, 5) is 79.1. The van der Waals surface area contributed by atoms with Crippen molar-refractivity contribution in [3.05, 3.63) is 36.5 Å². The molecule has 8 atom stereocenters. The first-order valence-corrected chi connectivity index (χ1v) is 29.7. The number of nitrogens with one attached hydrogen (secondary N) is 3. The number of amides is 3. The third kappa shape index (κ3) is 64.5. The Balaban J connectivity index is -0.000000330. The summed E-state index contributed by atoms with van der Waals surface area (Å²) in [6.45, 7) is 40.4. The monoisotopic (exact) mass is 1270 g/mol.